The van der Waals surface area contributed by atoms with Crippen LogP contribution in [0.15, 0.2) is 31.0 Å². The minimum absolute atomic E-state index is 0.0606. The Morgan fingerprint density at radius 3 is 2.84 bits per heavy atom. The molecule has 1 aliphatic heterocycles. The van der Waals surface area contributed by atoms with Gasteiger partial charge in [-0.05, 0) is 43.3 Å². The van der Waals surface area contributed by atoms with Crippen molar-refractivity contribution < 1.29 is 8.78 Å². The summed E-state index contributed by atoms with van der Waals surface area (Å²) in [6.45, 7) is 7.68. The summed E-state index contributed by atoms with van der Waals surface area (Å²) in [5.41, 5.74) is 0.807. The Morgan fingerprint density at radius 1 is 1.42 bits per heavy atom. The van der Waals surface area contributed by atoms with Crippen LogP contribution in [0.2, 0.25) is 0 Å². The smallest absolute Gasteiger partial charge is 0.159 e. The van der Waals surface area contributed by atoms with E-state index in [2.05, 4.69) is 23.7 Å². The first-order valence-electron chi connectivity index (χ1n) is 6.72. The molecule has 0 amide bonds. The van der Waals surface area contributed by atoms with E-state index in [1.54, 1.807) is 12.3 Å². The molecular weight excluding hydrogens is 246 g/mol. The van der Waals surface area contributed by atoms with Crippen LogP contribution in [0.25, 0.3) is 0 Å². The van der Waals surface area contributed by atoms with Crippen molar-refractivity contribution >= 4 is 0 Å². The molecule has 0 aromatic heterocycles. The third-order valence-corrected chi connectivity index (χ3v) is 3.70. The van der Waals surface area contributed by atoms with Gasteiger partial charge in [0.1, 0.15) is 0 Å². The molecule has 1 aromatic carbocycles. The third kappa shape index (κ3) is 3.13. The molecule has 1 fully saturated rings. The topological polar surface area (TPSA) is 15.3 Å². The predicted molar refractivity (Wildman–Crippen MR) is 72.7 cm³/mol. The number of likely N-dealkylation sites (tertiary alicyclic amines) is 1. The van der Waals surface area contributed by atoms with E-state index in [9.17, 15) is 8.78 Å². The van der Waals surface area contributed by atoms with Crippen molar-refractivity contribution in [2.75, 3.05) is 13.1 Å². The summed E-state index contributed by atoms with van der Waals surface area (Å²) in [5, 5.41) is 3.43. The van der Waals surface area contributed by atoms with Crippen LogP contribution in [0.4, 0.5) is 8.78 Å². The Kier molecular flexibility index (Phi) is 4.53. The second kappa shape index (κ2) is 6.15. The summed E-state index contributed by atoms with van der Waals surface area (Å²) in [6.07, 6.45) is 3.71. The van der Waals surface area contributed by atoms with E-state index in [0.29, 0.717) is 6.04 Å². The Balaban J connectivity index is 2.21. The van der Waals surface area contributed by atoms with Crippen LogP contribution in [0.5, 0.6) is 0 Å². The van der Waals surface area contributed by atoms with E-state index in [4.69, 9.17) is 0 Å². The first kappa shape index (κ1) is 14.0. The largest absolute Gasteiger partial charge is 0.371 e. The summed E-state index contributed by atoms with van der Waals surface area (Å²) in [6, 6.07) is 4.63. The molecule has 0 saturated carbocycles. The fourth-order valence-electron chi connectivity index (χ4n) is 2.72. The van der Waals surface area contributed by atoms with Crippen LogP contribution in [0.1, 0.15) is 31.4 Å². The first-order chi connectivity index (χ1) is 9.15. The van der Waals surface area contributed by atoms with E-state index in [0.717, 1.165) is 31.5 Å². The van der Waals surface area contributed by atoms with Gasteiger partial charge < -0.3 is 10.2 Å². The fourth-order valence-corrected chi connectivity index (χ4v) is 2.72. The summed E-state index contributed by atoms with van der Waals surface area (Å²) in [4.78, 5) is 2.10. The Morgan fingerprint density at radius 2 is 2.21 bits per heavy atom. The zero-order valence-corrected chi connectivity index (χ0v) is 11.2. The highest BCUT2D eigenvalue weighted by Gasteiger charge is 2.27. The molecule has 2 nitrogen and oxygen atoms in total. The normalized spacial score (nSPS) is 23.4. The van der Waals surface area contributed by atoms with Crippen LogP contribution in [-0.4, -0.2) is 24.0 Å². The van der Waals surface area contributed by atoms with Crippen LogP contribution in [0, 0.1) is 11.6 Å². The maximum Gasteiger partial charge on any atom is 0.159 e. The minimum Gasteiger partial charge on any atom is -0.371 e. The van der Waals surface area contributed by atoms with Gasteiger partial charge in [0.15, 0.2) is 11.6 Å². The summed E-state index contributed by atoms with van der Waals surface area (Å²) >= 11 is 0. The van der Waals surface area contributed by atoms with Crippen LogP contribution in [0.3, 0.4) is 0 Å². The van der Waals surface area contributed by atoms with Gasteiger partial charge in [0.25, 0.3) is 0 Å². The molecule has 1 heterocycles. The minimum atomic E-state index is -0.798. The van der Waals surface area contributed by atoms with Gasteiger partial charge in [0.2, 0.25) is 0 Å². The molecule has 0 spiro atoms. The molecular formula is C15H20F2N2. The molecule has 1 saturated heterocycles. The predicted octanol–water partition coefficient (Wildman–Crippen LogP) is 3.22. The molecule has 1 aromatic rings. The van der Waals surface area contributed by atoms with Crippen molar-refractivity contribution in [2.24, 2.45) is 0 Å². The molecule has 19 heavy (non-hydrogen) atoms. The van der Waals surface area contributed by atoms with Crippen molar-refractivity contribution in [2.45, 2.75) is 31.8 Å². The third-order valence-electron chi connectivity index (χ3n) is 3.70. The lowest BCUT2D eigenvalue weighted by molar-refractivity contribution is 0.181. The zero-order chi connectivity index (χ0) is 13.8. The van der Waals surface area contributed by atoms with E-state index in [1.807, 2.05) is 0 Å². The quantitative estimate of drug-likeness (QED) is 0.900. The lowest BCUT2D eigenvalue weighted by Gasteiger charge is -2.39. The molecule has 0 unspecified atom stereocenters. The molecule has 0 bridgehead atoms. The molecule has 2 rings (SSSR count). The van der Waals surface area contributed by atoms with Gasteiger partial charge in [-0.25, -0.2) is 8.78 Å². The first-order valence-corrected chi connectivity index (χ1v) is 6.72. The van der Waals surface area contributed by atoms with Crippen LogP contribution >= 0.6 is 0 Å². The average molecular weight is 266 g/mol. The highest BCUT2D eigenvalue weighted by atomic mass is 19.2. The molecule has 0 aliphatic carbocycles. The lowest BCUT2D eigenvalue weighted by Crippen LogP contribution is -2.42. The highest BCUT2D eigenvalue weighted by molar-refractivity contribution is 5.23. The van der Waals surface area contributed by atoms with Crippen molar-refractivity contribution in [3.05, 3.63) is 48.2 Å². The molecule has 104 valence electrons. The van der Waals surface area contributed by atoms with Gasteiger partial charge in [-0.1, -0.05) is 19.6 Å². The molecule has 4 heteroatoms. The van der Waals surface area contributed by atoms with E-state index < -0.39 is 11.6 Å². The van der Waals surface area contributed by atoms with E-state index in [1.165, 1.54) is 12.1 Å². The monoisotopic (exact) mass is 266 g/mol. The van der Waals surface area contributed by atoms with Crippen molar-refractivity contribution in [3.63, 3.8) is 0 Å². The van der Waals surface area contributed by atoms with Gasteiger partial charge in [-0.2, -0.15) is 0 Å². The number of hydrogen-bond acceptors (Lipinski definition) is 2. The fraction of sp³-hybridized carbons (Fsp3) is 0.467. The standard InChI is InChI=1S/C15H20F2N2/c1-3-18-12-7-8-19(4-2)15(10-12)11-5-6-13(16)14(17)9-11/h4-6,9,12,15,18H,2-3,7-8,10H2,1H3/t12-,15+/m1/s1. The molecule has 1 aliphatic rings. The van der Waals surface area contributed by atoms with Gasteiger partial charge in [0.05, 0.1) is 6.04 Å². The number of nitrogens with zero attached hydrogens (tertiary/aromatic N) is 1. The van der Waals surface area contributed by atoms with Gasteiger partial charge >= 0.3 is 0 Å². The second-order valence-corrected chi connectivity index (χ2v) is 4.89. The van der Waals surface area contributed by atoms with Crippen LogP contribution in [-0.2, 0) is 0 Å². The Hall–Kier alpha value is -1.42. The van der Waals surface area contributed by atoms with E-state index in [-0.39, 0.29) is 6.04 Å². The van der Waals surface area contributed by atoms with Crippen LogP contribution < -0.4 is 5.32 Å². The average Bonchev–Trinajstić information content (AvgIpc) is 2.42. The Bertz CT molecular complexity index is 448. The number of rotatable bonds is 4. The SMILES string of the molecule is C=CN1CC[C@@H](NCC)C[C@H]1c1ccc(F)c(F)c1. The number of nitrogens with one attached hydrogen (secondary N) is 1. The Labute approximate surface area is 113 Å². The summed E-state index contributed by atoms with van der Waals surface area (Å²) in [5.74, 6) is -1.58. The van der Waals surface area contributed by atoms with E-state index >= 15 is 0 Å². The molecule has 1 N–H and O–H groups in total. The maximum absolute atomic E-state index is 13.4. The molecule has 2 atom stereocenters. The second-order valence-electron chi connectivity index (χ2n) is 4.89. The van der Waals surface area contributed by atoms with Crippen molar-refractivity contribution in [1.29, 1.82) is 0 Å². The number of benzene rings is 1. The maximum atomic E-state index is 13.4. The number of piperidine rings is 1. The summed E-state index contributed by atoms with van der Waals surface area (Å²) < 4.78 is 26.4. The highest BCUT2D eigenvalue weighted by Crippen LogP contribution is 2.31. The lowest BCUT2D eigenvalue weighted by atomic mass is 9.92. The molecule has 0 radical (unpaired) electrons. The van der Waals surface area contributed by atoms with Gasteiger partial charge in [-0.3, -0.25) is 0 Å². The van der Waals surface area contributed by atoms with Crippen molar-refractivity contribution in [3.8, 4) is 0 Å². The van der Waals surface area contributed by atoms with Gasteiger partial charge in [0, 0.05) is 12.6 Å². The number of hydrogen-bond donors (Lipinski definition) is 1. The number of halogens is 2. The van der Waals surface area contributed by atoms with Crippen molar-refractivity contribution in [1.82, 2.24) is 10.2 Å². The zero-order valence-electron chi connectivity index (χ0n) is 11.2. The van der Waals surface area contributed by atoms with Gasteiger partial charge in [-0.15, -0.1) is 0 Å². The summed E-state index contributed by atoms with van der Waals surface area (Å²) in [7, 11) is 0.